The maximum atomic E-state index is 11.1. The van der Waals surface area contributed by atoms with Crippen molar-refractivity contribution < 1.29 is 9.53 Å². The van der Waals surface area contributed by atoms with Gasteiger partial charge >= 0.3 is 5.97 Å². The molecule has 0 saturated heterocycles. The summed E-state index contributed by atoms with van der Waals surface area (Å²) in [6.45, 7) is 12.5. The number of unbranched alkanes of at least 4 members (excludes halogenated alkanes) is 1. The normalized spacial score (nSPS) is 9.00. The highest BCUT2D eigenvalue weighted by molar-refractivity contribution is 5.71. The van der Waals surface area contributed by atoms with Gasteiger partial charge in [0.2, 0.25) is 0 Å². The molecule has 0 aromatic rings. The number of carbonyl (C=O) groups is 1. The Morgan fingerprint density at radius 3 is 2.54 bits per heavy atom. The molecule has 0 unspecified atom stereocenters. The molecule has 0 aliphatic rings. The van der Waals surface area contributed by atoms with Gasteiger partial charge in [0.15, 0.2) is 0 Å². The van der Waals surface area contributed by atoms with E-state index < -0.39 is 0 Å². The molecule has 72 valence electrons. The quantitative estimate of drug-likeness (QED) is 0.206. The van der Waals surface area contributed by atoms with Crippen molar-refractivity contribution in [1.82, 2.24) is 0 Å². The number of hydrogen-bond acceptors (Lipinski definition) is 2. The van der Waals surface area contributed by atoms with Crippen LogP contribution in [-0.2, 0) is 9.53 Å². The first-order valence-corrected chi connectivity index (χ1v) is 4.24. The van der Waals surface area contributed by atoms with Crippen LogP contribution >= 0.6 is 0 Å². The van der Waals surface area contributed by atoms with Gasteiger partial charge in [-0.3, -0.25) is 4.79 Å². The Morgan fingerprint density at radius 2 is 2.08 bits per heavy atom. The van der Waals surface area contributed by atoms with Crippen LogP contribution in [0.4, 0.5) is 0 Å². The Bertz CT molecular complexity index is 226. The van der Waals surface area contributed by atoms with E-state index in [1.54, 1.807) is 13.0 Å². The summed E-state index contributed by atoms with van der Waals surface area (Å²) in [6, 6.07) is 0. The number of allylic oxidation sites excluding steroid dienone is 2. The summed E-state index contributed by atoms with van der Waals surface area (Å²) in [5, 5.41) is 0. The molecular weight excluding hydrogens is 164 g/mol. The van der Waals surface area contributed by atoms with Crippen LogP contribution in [0.5, 0.6) is 0 Å². The van der Waals surface area contributed by atoms with Crippen LogP contribution in [0.1, 0.15) is 26.2 Å². The summed E-state index contributed by atoms with van der Waals surface area (Å²) in [6.07, 6.45) is 3.78. The van der Waals surface area contributed by atoms with Gasteiger partial charge in [-0.05, 0) is 25.3 Å². The van der Waals surface area contributed by atoms with E-state index in [0.29, 0.717) is 17.8 Å². The van der Waals surface area contributed by atoms with Gasteiger partial charge in [0, 0.05) is 6.42 Å². The van der Waals surface area contributed by atoms with Gasteiger partial charge in [-0.25, -0.2) is 0 Å². The molecule has 0 aromatic heterocycles. The van der Waals surface area contributed by atoms with E-state index >= 15 is 0 Å². The highest BCUT2D eigenvalue weighted by Gasteiger charge is 2.04. The van der Waals surface area contributed by atoms with Gasteiger partial charge in [0.1, 0.15) is 5.76 Å². The van der Waals surface area contributed by atoms with Crippen LogP contribution in [-0.4, -0.2) is 5.97 Å². The maximum absolute atomic E-state index is 11.1. The third-order valence-electron chi connectivity index (χ3n) is 1.50. The summed E-state index contributed by atoms with van der Waals surface area (Å²) >= 11 is 0. The molecule has 0 spiro atoms. The fraction of sp³-hybridized carbons (Fsp3) is 0.364. The Balaban J connectivity index is 3.68. The molecule has 0 aliphatic heterocycles. The Kier molecular flexibility index (Phi) is 5.60. The molecule has 0 fully saturated rings. The smallest absolute Gasteiger partial charge is 0.311 e. The minimum atomic E-state index is -0.255. The Labute approximate surface area is 79.6 Å². The van der Waals surface area contributed by atoms with Crippen molar-refractivity contribution in [2.24, 2.45) is 0 Å². The second-order valence-electron chi connectivity index (χ2n) is 2.86. The zero-order valence-corrected chi connectivity index (χ0v) is 8.14. The van der Waals surface area contributed by atoms with Crippen molar-refractivity contribution in [1.29, 1.82) is 0 Å². The van der Waals surface area contributed by atoms with Crippen molar-refractivity contribution >= 4 is 5.97 Å². The highest BCUT2D eigenvalue weighted by Crippen LogP contribution is 2.08. The molecule has 0 bridgehead atoms. The van der Waals surface area contributed by atoms with E-state index in [-0.39, 0.29) is 5.97 Å². The predicted molar refractivity (Wildman–Crippen MR) is 54.1 cm³/mol. The van der Waals surface area contributed by atoms with E-state index in [1.807, 2.05) is 0 Å². The molecule has 0 rings (SSSR count). The third kappa shape index (κ3) is 5.91. The molecule has 2 heteroatoms. The van der Waals surface area contributed by atoms with Crippen LogP contribution < -0.4 is 0 Å². The lowest BCUT2D eigenvalue weighted by atomic mass is 10.2. The van der Waals surface area contributed by atoms with Crippen molar-refractivity contribution in [3.05, 3.63) is 37.1 Å². The first-order valence-electron chi connectivity index (χ1n) is 4.24. The van der Waals surface area contributed by atoms with E-state index in [9.17, 15) is 4.79 Å². The number of carbonyl (C=O) groups excluding carboxylic acids is 1. The topological polar surface area (TPSA) is 26.3 Å². The Hall–Kier alpha value is -1.31. The SMILES string of the molecule is C=CCCCC(=O)OC(=C)C(=C)C. The molecule has 2 nitrogen and oxygen atoms in total. The molecule has 0 aliphatic carbocycles. The minimum absolute atomic E-state index is 0.255. The van der Waals surface area contributed by atoms with Crippen molar-refractivity contribution in [3.8, 4) is 0 Å². The minimum Gasteiger partial charge on any atom is -0.427 e. The van der Waals surface area contributed by atoms with Gasteiger partial charge in [0.25, 0.3) is 0 Å². The molecule has 0 N–H and O–H groups in total. The molecule has 0 atom stereocenters. The molecule has 0 saturated carbocycles. The Morgan fingerprint density at radius 1 is 1.46 bits per heavy atom. The number of rotatable bonds is 6. The van der Waals surface area contributed by atoms with Gasteiger partial charge in [-0.2, -0.15) is 0 Å². The highest BCUT2D eigenvalue weighted by atomic mass is 16.5. The zero-order valence-electron chi connectivity index (χ0n) is 8.14. The molecule has 0 amide bonds. The number of ether oxygens (including phenoxy) is 1. The summed E-state index contributed by atoms with van der Waals surface area (Å²) < 4.78 is 4.89. The van der Waals surface area contributed by atoms with E-state index in [2.05, 4.69) is 19.7 Å². The van der Waals surface area contributed by atoms with Crippen LogP contribution in [0.25, 0.3) is 0 Å². The molecular formula is C11H16O2. The standard InChI is InChI=1S/C11H16O2/c1-5-6-7-8-11(12)13-10(4)9(2)3/h5H,1-2,4,6-8H2,3H3. The predicted octanol–water partition coefficient (Wildman–Crippen LogP) is 2.98. The summed E-state index contributed by atoms with van der Waals surface area (Å²) in [5.74, 6) is 0.0958. The van der Waals surface area contributed by atoms with Gasteiger partial charge in [-0.15, -0.1) is 6.58 Å². The lowest BCUT2D eigenvalue weighted by Gasteiger charge is -2.05. The number of esters is 1. The van der Waals surface area contributed by atoms with Gasteiger partial charge < -0.3 is 4.74 Å². The van der Waals surface area contributed by atoms with Crippen molar-refractivity contribution in [3.63, 3.8) is 0 Å². The van der Waals surface area contributed by atoms with E-state index in [4.69, 9.17) is 4.74 Å². The lowest BCUT2D eigenvalue weighted by Crippen LogP contribution is -2.03. The average molecular weight is 180 g/mol. The van der Waals surface area contributed by atoms with Crippen molar-refractivity contribution in [2.45, 2.75) is 26.2 Å². The largest absolute Gasteiger partial charge is 0.427 e. The fourth-order valence-corrected chi connectivity index (χ4v) is 0.666. The first kappa shape index (κ1) is 11.7. The average Bonchev–Trinajstić information content (AvgIpc) is 2.04. The first-order chi connectivity index (χ1) is 6.07. The number of hydrogen-bond donors (Lipinski definition) is 0. The fourth-order valence-electron chi connectivity index (χ4n) is 0.666. The second kappa shape index (κ2) is 6.23. The van der Waals surface area contributed by atoms with Crippen LogP contribution in [0.15, 0.2) is 37.1 Å². The van der Waals surface area contributed by atoms with Crippen LogP contribution in [0.3, 0.4) is 0 Å². The monoisotopic (exact) mass is 180 g/mol. The van der Waals surface area contributed by atoms with Crippen molar-refractivity contribution in [2.75, 3.05) is 0 Å². The second-order valence-corrected chi connectivity index (χ2v) is 2.86. The van der Waals surface area contributed by atoms with E-state index in [1.165, 1.54) is 0 Å². The van der Waals surface area contributed by atoms with Gasteiger partial charge in [-0.1, -0.05) is 19.2 Å². The molecule has 0 aromatic carbocycles. The summed E-state index contributed by atoms with van der Waals surface area (Å²) in [4.78, 5) is 11.1. The van der Waals surface area contributed by atoms with E-state index in [0.717, 1.165) is 12.8 Å². The third-order valence-corrected chi connectivity index (χ3v) is 1.50. The summed E-state index contributed by atoms with van der Waals surface area (Å²) in [7, 11) is 0. The molecule has 13 heavy (non-hydrogen) atoms. The van der Waals surface area contributed by atoms with Crippen LogP contribution in [0.2, 0.25) is 0 Å². The van der Waals surface area contributed by atoms with Gasteiger partial charge in [0.05, 0.1) is 0 Å². The molecule has 0 radical (unpaired) electrons. The maximum Gasteiger partial charge on any atom is 0.311 e. The lowest BCUT2D eigenvalue weighted by molar-refractivity contribution is -0.139. The summed E-state index contributed by atoms with van der Waals surface area (Å²) in [5.41, 5.74) is 0.678. The van der Waals surface area contributed by atoms with Crippen LogP contribution in [0, 0.1) is 0 Å². The zero-order chi connectivity index (χ0) is 10.3. The molecule has 0 heterocycles.